The Kier molecular flexibility index (Phi) is 6.23. The summed E-state index contributed by atoms with van der Waals surface area (Å²) >= 11 is 9.08. The van der Waals surface area contributed by atoms with Crippen molar-refractivity contribution in [1.29, 1.82) is 0 Å². The summed E-state index contributed by atoms with van der Waals surface area (Å²) in [5.74, 6) is -0.0333. The van der Waals surface area contributed by atoms with Gasteiger partial charge in [-0.2, -0.15) is 16.4 Å². The van der Waals surface area contributed by atoms with E-state index in [2.05, 4.69) is 5.10 Å². The Hall–Kier alpha value is -2.16. The molecule has 0 atom stereocenters. The maximum Gasteiger partial charge on any atom is 0.410 e. The molecule has 9 heteroatoms. The van der Waals surface area contributed by atoms with Crippen LogP contribution in [0.25, 0.3) is 0 Å². The second-order valence-electron chi connectivity index (χ2n) is 8.58. The Labute approximate surface area is 194 Å². The van der Waals surface area contributed by atoms with E-state index in [0.717, 1.165) is 22.1 Å². The Bertz CT molecular complexity index is 1080. The molecule has 1 fully saturated rings. The molecule has 0 aliphatic carbocycles. The number of nitrogens with zero attached hydrogens (tertiary/aromatic N) is 3. The molecule has 0 N–H and O–H groups in total. The number of aromatic nitrogens is 2. The van der Waals surface area contributed by atoms with Crippen molar-refractivity contribution in [1.82, 2.24) is 14.7 Å². The lowest BCUT2D eigenvalue weighted by Crippen LogP contribution is -2.50. The van der Waals surface area contributed by atoms with Gasteiger partial charge in [0.25, 0.3) is 5.91 Å². The van der Waals surface area contributed by atoms with Crippen LogP contribution in [0.5, 0.6) is 0 Å². The van der Waals surface area contributed by atoms with Gasteiger partial charge in [0.2, 0.25) is 0 Å². The molecular weight excluding hydrogens is 454 g/mol. The fourth-order valence-corrected chi connectivity index (χ4v) is 5.10. The molecule has 0 spiro atoms. The summed E-state index contributed by atoms with van der Waals surface area (Å²) in [5.41, 5.74) is 1.81. The molecule has 1 amide bonds. The van der Waals surface area contributed by atoms with Gasteiger partial charge in [-0.05, 0) is 63.3 Å². The Morgan fingerprint density at radius 3 is 2.61 bits per heavy atom. The standard InChI is InChI=1S/C22H24ClN3O3S2/c1-22(2,3)29-21(28)25-11-15(12-25)18-10-16(4-5-17-6-7-19(23)31-17)26(24-18)20(27)14-8-9-30-13-14/h6-10,13,15H,4-5,11-12H2,1-3H3. The summed E-state index contributed by atoms with van der Waals surface area (Å²) in [7, 11) is 0. The molecule has 0 unspecified atom stereocenters. The highest BCUT2D eigenvalue weighted by Gasteiger charge is 2.36. The fraction of sp³-hybridized carbons (Fsp3) is 0.409. The monoisotopic (exact) mass is 477 g/mol. The van der Waals surface area contributed by atoms with E-state index in [1.165, 1.54) is 20.9 Å². The first-order valence-corrected chi connectivity index (χ1v) is 12.2. The Morgan fingerprint density at radius 2 is 2.00 bits per heavy atom. The summed E-state index contributed by atoms with van der Waals surface area (Å²) in [6.45, 7) is 6.64. The lowest BCUT2D eigenvalue weighted by molar-refractivity contribution is 0.00780. The number of halogens is 1. The van der Waals surface area contributed by atoms with E-state index >= 15 is 0 Å². The van der Waals surface area contributed by atoms with Crippen LogP contribution in [0.4, 0.5) is 4.79 Å². The lowest BCUT2D eigenvalue weighted by Gasteiger charge is -2.38. The molecule has 0 radical (unpaired) electrons. The molecule has 1 aliphatic rings. The van der Waals surface area contributed by atoms with Crippen molar-refractivity contribution in [2.75, 3.05) is 13.1 Å². The summed E-state index contributed by atoms with van der Waals surface area (Å²) in [6, 6.07) is 7.71. The molecular formula is C22H24ClN3O3S2. The van der Waals surface area contributed by atoms with Crippen molar-refractivity contribution in [2.45, 2.75) is 45.1 Å². The summed E-state index contributed by atoms with van der Waals surface area (Å²) in [5, 5.41) is 8.36. The molecule has 1 saturated heterocycles. The number of thiophene rings is 2. The van der Waals surface area contributed by atoms with Gasteiger partial charge >= 0.3 is 6.09 Å². The molecule has 1 aliphatic heterocycles. The second kappa shape index (κ2) is 8.76. The van der Waals surface area contributed by atoms with Crippen LogP contribution in [0.3, 0.4) is 0 Å². The third-order valence-corrected chi connectivity index (χ3v) is 6.94. The predicted octanol–water partition coefficient (Wildman–Crippen LogP) is 5.47. The average Bonchev–Trinajstić information content (AvgIpc) is 3.37. The maximum absolute atomic E-state index is 13.0. The van der Waals surface area contributed by atoms with E-state index in [9.17, 15) is 9.59 Å². The lowest BCUT2D eigenvalue weighted by atomic mass is 9.96. The van der Waals surface area contributed by atoms with Crippen LogP contribution >= 0.6 is 34.3 Å². The number of carbonyl (C=O) groups excluding carboxylic acids is 2. The van der Waals surface area contributed by atoms with Crippen LogP contribution in [-0.4, -0.2) is 45.4 Å². The van der Waals surface area contributed by atoms with Crippen molar-refractivity contribution < 1.29 is 14.3 Å². The van der Waals surface area contributed by atoms with Crippen molar-refractivity contribution in [3.8, 4) is 0 Å². The van der Waals surface area contributed by atoms with Crippen LogP contribution in [-0.2, 0) is 17.6 Å². The van der Waals surface area contributed by atoms with Gasteiger partial charge in [0, 0.05) is 35.0 Å². The molecule has 0 bridgehead atoms. The minimum Gasteiger partial charge on any atom is -0.444 e. The SMILES string of the molecule is CC(C)(C)OC(=O)N1CC(c2cc(CCc3ccc(Cl)s3)n(C(=O)c3ccsc3)n2)C1. The second-order valence-corrected chi connectivity index (χ2v) is 11.2. The van der Waals surface area contributed by atoms with Crippen LogP contribution < -0.4 is 0 Å². The van der Waals surface area contributed by atoms with Gasteiger partial charge in [-0.25, -0.2) is 9.48 Å². The zero-order chi connectivity index (χ0) is 22.2. The third kappa shape index (κ3) is 5.19. The number of ether oxygens (including phenoxy) is 1. The minimum atomic E-state index is -0.519. The van der Waals surface area contributed by atoms with Crippen molar-refractivity contribution in [2.24, 2.45) is 0 Å². The first kappa shape index (κ1) is 22.0. The first-order valence-electron chi connectivity index (χ1n) is 10.1. The van der Waals surface area contributed by atoms with Gasteiger partial charge < -0.3 is 9.64 Å². The number of aryl methyl sites for hydroxylation is 2. The molecule has 6 nitrogen and oxygen atoms in total. The first-order chi connectivity index (χ1) is 14.7. The van der Waals surface area contributed by atoms with Gasteiger partial charge in [0.05, 0.1) is 15.6 Å². The van der Waals surface area contributed by atoms with E-state index in [1.807, 2.05) is 55.8 Å². The van der Waals surface area contributed by atoms with E-state index in [4.69, 9.17) is 16.3 Å². The highest BCUT2D eigenvalue weighted by molar-refractivity contribution is 7.16. The van der Waals surface area contributed by atoms with E-state index < -0.39 is 5.60 Å². The van der Waals surface area contributed by atoms with Crippen LogP contribution in [0, 0.1) is 0 Å². The van der Waals surface area contributed by atoms with Crippen molar-refractivity contribution in [3.05, 3.63) is 61.2 Å². The van der Waals surface area contributed by atoms with Gasteiger partial charge in [-0.15, -0.1) is 11.3 Å². The number of hydrogen-bond acceptors (Lipinski definition) is 6. The van der Waals surface area contributed by atoms with E-state index in [-0.39, 0.29) is 17.9 Å². The van der Waals surface area contributed by atoms with Gasteiger partial charge in [-0.1, -0.05) is 11.6 Å². The molecule has 3 aromatic heterocycles. The van der Waals surface area contributed by atoms with Crippen LogP contribution in [0.1, 0.15) is 53.3 Å². The molecule has 4 heterocycles. The van der Waals surface area contributed by atoms with Crippen molar-refractivity contribution in [3.63, 3.8) is 0 Å². The predicted molar refractivity (Wildman–Crippen MR) is 124 cm³/mol. The average molecular weight is 478 g/mol. The molecule has 4 rings (SSSR count). The molecule has 0 aromatic carbocycles. The molecule has 3 aromatic rings. The topological polar surface area (TPSA) is 64.4 Å². The maximum atomic E-state index is 13.0. The summed E-state index contributed by atoms with van der Waals surface area (Å²) in [6.07, 6.45) is 1.16. The number of amides is 1. The number of carbonyl (C=O) groups is 2. The third-order valence-electron chi connectivity index (χ3n) is 4.97. The number of likely N-dealkylation sites (tertiary alicyclic amines) is 1. The normalized spacial score (nSPS) is 14.5. The van der Waals surface area contributed by atoms with Gasteiger partial charge in [-0.3, -0.25) is 4.79 Å². The van der Waals surface area contributed by atoms with Gasteiger partial charge in [0.15, 0.2) is 0 Å². The van der Waals surface area contributed by atoms with E-state index in [1.54, 1.807) is 16.2 Å². The Balaban J connectivity index is 1.50. The quantitative estimate of drug-likeness (QED) is 0.489. The minimum absolute atomic E-state index is 0.0963. The van der Waals surface area contributed by atoms with Crippen LogP contribution in [0.2, 0.25) is 4.34 Å². The highest BCUT2D eigenvalue weighted by Crippen LogP contribution is 2.29. The zero-order valence-corrected chi connectivity index (χ0v) is 20.0. The van der Waals surface area contributed by atoms with Crippen molar-refractivity contribution >= 4 is 46.3 Å². The summed E-state index contributed by atoms with van der Waals surface area (Å²) in [4.78, 5) is 28.1. The summed E-state index contributed by atoms with van der Waals surface area (Å²) < 4.78 is 7.71. The number of hydrogen-bond donors (Lipinski definition) is 0. The largest absolute Gasteiger partial charge is 0.444 e. The Morgan fingerprint density at radius 1 is 1.23 bits per heavy atom. The molecule has 31 heavy (non-hydrogen) atoms. The number of rotatable bonds is 5. The van der Waals surface area contributed by atoms with Crippen LogP contribution in [0.15, 0.2) is 35.0 Å². The highest BCUT2D eigenvalue weighted by atomic mass is 35.5. The van der Waals surface area contributed by atoms with E-state index in [0.29, 0.717) is 25.1 Å². The van der Waals surface area contributed by atoms with Gasteiger partial charge in [0.1, 0.15) is 5.60 Å². The zero-order valence-electron chi connectivity index (χ0n) is 17.6. The molecule has 0 saturated carbocycles. The molecule has 164 valence electrons. The fourth-order valence-electron chi connectivity index (χ4n) is 3.38. The smallest absolute Gasteiger partial charge is 0.410 e.